The third-order valence-corrected chi connectivity index (χ3v) is 4.41. The van der Waals surface area contributed by atoms with Gasteiger partial charge in [-0.1, -0.05) is 30.3 Å². The van der Waals surface area contributed by atoms with Crippen LogP contribution in [0.25, 0.3) is 6.08 Å². The molecule has 0 atom stereocenters. The van der Waals surface area contributed by atoms with Crippen molar-refractivity contribution in [3.8, 4) is 11.5 Å². The molecule has 3 aromatic rings. The summed E-state index contributed by atoms with van der Waals surface area (Å²) in [4.78, 5) is 24.3. The predicted molar refractivity (Wildman–Crippen MR) is 119 cm³/mol. The van der Waals surface area contributed by atoms with E-state index < -0.39 is 5.97 Å². The van der Waals surface area contributed by atoms with Crippen LogP contribution in [0.15, 0.2) is 78.9 Å². The van der Waals surface area contributed by atoms with Gasteiger partial charge in [-0.25, -0.2) is 4.79 Å². The molecule has 158 valence electrons. The van der Waals surface area contributed by atoms with E-state index in [1.165, 1.54) is 6.08 Å². The first-order valence-electron chi connectivity index (χ1n) is 9.60. The Hall–Kier alpha value is -4.06. The number of rotatable bonds is 8. The maximum absolute atomic E-state index is 12.3. The van der Waals surface area contributed by atoms with E-state index in [0.717, 1.165) is 16.8 Å². The summed E-state index contributed by atoms with van der Waals surface area (Å²) < 4.78 is 15.7. The molecule has 0 aliphatic heterocycles. The van der Waals surface area contributed by atoms with Crippen molar-refractivity contribution in [1.29, 1.82) is 0 Å². The third-order valence-electron chi connectivity index (χ3n) is 4.41. The van der Waals surface area contributed by atoms with Crippen LogP contribution in [0.4, 0.5) is 5.69 Å². The second-order valence-electron chi connectivity index (χ2n) is 6.60. The van der Waals surface area contributed by atoms with Crippen LogP contribution in [0.3, 0.4) is 0 Å². The summed E-state index contributed by atoms with van der Waals surface area (Å²) in [6.07, 6.45) is 2.97. The average molecular weight is 417 g/mol. The summed E-state index contributed by atoms with van der Waals surface area (Å²) in [5, 5.41) is 2.83. The summed E-state index contributed by atoms with van der Waals surface area (Å²) in [5.74, 6) is 0.576. The van der Waals surface area contributed by atoms with E-state index in [9.17, 15) is 9.59 Å². The second kappa shape index (κ2) is 10.6. The van der Waals surface area contributed by atoms with Gasteiger partial charge in [0.25, 0.3) is 5.91 Å². The molecule has 0 aliphatic carbocycles. The van der Waals surface area contributed by atoms with E-state index >= 15 is 0 Å². The zero-order valence-corrected chi connectivity index (χ0v) is 17.3. The van der Waals surface area contributed by atoms with E-state index in [1.54, 1.807) is 62.8 Å². The molecular weight excluding hydrogens is 394 g/mol. The van der Waals surface area contributed by atoms with Gasteiger partial charge in [-0.05, 0) is 53.6 Å². The zero-order valence-electron chi connectivity index (χ0n) is 17.3. The highest BCUT2D eigenvalue weighted by Crippen LogP contribution is 2.23. The van der Waals surface area contributed by atoms with Gasteiger partial charge >= 0.3 is 5.97 Å². The second-order valence-corrected chi connectivity index (χ2v) is 6.60. The van der Waals surface area contributed by atoms with Crippen molar-refractivity contribution in [2.24, 2.45) is 0 Å². The fourth-order valence-corrected chi connectivity index (χ4v) is 2.77. The highest BCUT2D eigenvalue weighted by Gasteiger charge is 2.07. The lowest BCUT2D eigenvalue weighted by Crippen LogP contribution is -2.11. The fraction of sp³-hybridized carbons (Fsp3) is 0.120. The van der Waals surface area contributed by atoms with Crippen molar-refractivity contribution in [3.05, 3.63) is 95.6 Å². The van der Waals surface area contributed by atoms with Gasteiger partial charge in [-0.2, -0.15) is 0 Å². The van der Waals surface area contributed by atoms with Crippen LogP contribution >= 0.6 is 0 Å². The van der Waals surface area contributed by atoms with Crippen molar-refractivity contribution in [1.82, 2.24) is 0 Å². The molecule has 0 radical (unpaired) electrons. The molecular formula is C25H23NO5. The first-order chi connectivity index (χ1) is 15.1. The van der Waals surface area contributed by atoms with Crippen molar-refractivity contribution in [2.75, 3.05) is 19.5 Å². The van der Waals surface area contributed by atoms with Crippen molar-refractivity contribution < 1.29 is 23.8 Å². The van der Waals surface area contributed by atoms with Crippen LogP contribution in [0.2, 0.25) is 0 Å². The molecule has 1 amide bonds. The maximum atomic E-state index is 12.3. The normalized spacial score (nSPS) is 10.5. The Morgan fingerprint density at radius 2 is 1.52 bits per heavy atom. The van der Waals surface area contributed by atoms with Gasteiger partial charge in [0.2, 0.25) is 0 Å². The Kier molecular flexibility index (Phi) is 7.43. The van der Waals surface area contributed by atoms with E-state index in [1.807, 2.05) is 30.3 Å². The number of methoxy groups -OCH3 is 2. The number of hydrogen-bond acceptors (Lipinski definition) is 5. The van der Waals surface area contributed by atoms with Crippen LogP contribution in [0, 0.1) is 0 Å². The standard InChI is InChI=1S/C25H23NO5/c1-29-22-14-19(15-23(16-22)30-2)10-13-24(27)31-17-18-8-11-20(12-9-18)25(28)26-21-6-4-3-5-7-21/h3-16H,17H2,1-2H3,(H,26,28)/b13-10+. The summed E-state index contributed by atoms with van der Waals surface area (Å²) in [6, 6.07) is 21.4. The summed E-state index contributed by atoms with van der Waals surface area (Å²) in [6.45, 7) is 0.102. The fourth-order valence-electron chi connectivity index (χ4n) is 2.77. The SMILES string of the molecule is COc1cc(/C=C/C(=O)OCc2ccc(C(=O)Nc3ccccc3)cc2)cc(OC)c1. The van der Waals surface area contributed by atoms with Crippen LogP contribution in [0.1, 0.15) is 21.5 Å². The minimum Gasteiger partial charge on any atom is -0.497 e. The summed E-state index contributed by atoms with van der Waals surface area (Å²) in [7, 11) is 3.13. The molecule has 0 aromatic heterocycles. The molecule has 0 spiro atoms. The third kappa shape index (κ3) is 6.47. The van der Waals surface area contributed by atoms with E-state index in [2.05, 4.69) is 5.32 Å². The van der Waals surface area contributed by atoms with Gasteiger partial charge in [-0.15, -0.1) is 0 Å². The molecule has 0 bridgehead atoms. The summed E-state index contributed by atoms with van der Waals surface area (Å²) in [5.41, 5.74) is 2.78. The number of esters is 1. The Bertz CT molecular complexity index is 1040. The average Bonchev–Trinajstić information content (AvgIpc) is 2.82. The van der Waals surface area contributed by atoms with Crippen LogP contribution in [-0.4, -0.2) is 26.1 Å². The molecule has 3 aromatic carbocycles. The number of hydrogen-bond donors (Lipinski definition) is 1. The molecule has 0 saturated heterocycles. The predicted octanol–water partition coefficient (Wildman–Crippen LogP) is 4.71. The topological polar surface area (TPSA) is 73.9 Å². The van der Waals surface area contributed by atoms with E-state index in [4.69, 9.17) is 14.2 Å². The highest BCUT2D eigenvalue weighted by atomic mass is 16.5. The number of benzene rings is 3. The zero-order chi connectivity index (χ0) is 22.1. The lowest BCUT2D eigenvalue weighted by atomic mass is 10.1. The number of ether oxygens (including phenoxy) is 3. The number of carbonyl (C=O) groups is 2. The van der Waals surface area contributed by atoms with Crippen LogP contribution in [0.5, 0.6) is 11.5 Å². The Morgan fingerprint density at radius 1 is 0.871 bits per heavy atom. The first kappa shape index (κ1) is 21.6. The Morgan fingerprint density at radius 3 is 2.13 bits per heavy atom. The quantitative estimate of drug-likeness (QED) is 0.424. The van der Waals surface area contributed by atoms with Gasteiger partial charge < -0.3 is 19.5 Å². The first-order valence-corrected chi connectivity index (χ1v) is 9.60. The molecule has 0 saturated carbocycles. The smallest absolute Gasteiger partial charge is 0.331 e. The van der Waals surface area contributed by atoms with E-state index in [-0.39, 0.29) is 12.5 Å². The minimum atomic E-state index is -0.479. The lowest BCUT2D eigenvalue weighted by Gasteiger charge is -2.07. The van der Waals surface area contributed by atoms with Crippen molar-refractivity contribution >= 4 is 23.6 Å². The van der Waals surface area contributed by atoms with Crippen molar-refractivity contribution in [2.45, 2.75) is 6.61 Å². The maximum Gasteiger partial charge on any atom is 0.331 e. The molecule has 6 heteroatoms. The lowest BCUT2D eigenvalue weighted by molar-refractivity contribution is -0.138. The van der Waals surface area contributed by atoms with Gasteiger partial charge in [0.05, 0.1) is 14.2 Å². The molecule has 0 unspecified atom stereocenters. The van der Waals surface area contributed by atoms with Crippen LogP contribution < -0.4 is 14.8 Å². The largest absolute Gasteiger partial charge is 0.497 e. The van der Waals surface area contributed by atoms with Gasteiger partial charge in [0, 0.05) is 23.4 Å². The van der Waals surface area contributed by atoms with E-state index in [0.29, 0.717) is 17.1 Å². The monoisotopic (exact) mass is 417 g/mol. The van der Waals surface area contributed by atoms with Crippen molar-refractivity contribution in [3.63, 3.8) is 0 Å². The number of anilines is 1. The number of amides is 1. The summed E-state index contributed by atoms with van der Waals surface area (Å²) >= 11 is 0. The molecule has 3 rings (SSSR count). The van der Waals surface area contributed by atoms with Gasteiger partial charge in [0.1, 0.15) is 18.1 Å². The molecule has 31 heavy (non-hydrogen) atoms. The number of para-hydroxylation sites is 1. The molecule has 0 fully saturated rings. The Labute approximate surface area is 181 Å². The molecule has 0 heterocycles. The number of nitrogens with one attached hydrogen (secondary N) is 1. The number of carbonyl (C=O) groups excluding carboxylic acids is 2. The minimum absolute atomic E-state index is 0.102. The Balaban J connectivity index is 1.53. The van der Waals surface area contributed by atoms with Crippen LogP contribution in [-0.2, 0) is 16.1 Å². The molecule has 0 aliphatic rings. The molecule has 1 N–H and O–H groups in total. The highest BCUT2D eigenvalue weighted by molar-refractivity contribution is 6.04. The van der Waals surface area contributed by atoms with Gasteiger partial charge in [-0.3, -0.25) is 4.79 Å². The molecule has 6 nitrogen and oxygen atoms in total. The van der Waals surface area contributed by atoms with Gasteiger partial charge in [0.15, 0.2) is 0 Å².